The fourth-order valence-corrected chi connectivity index (χ4v) is 2.79. The number of carboxylic acids is 1. The zero-order chi connectivity index (χ0) is 20.4. The summed E-state index contributed by atoms with van der Waals surface area (Å²) in [4.78, 5) is 23.4. The van der Waals surface area contributed by atoms with Crippen LogP contribution < -0.4 is 5.32 Å². The number of rotatable bonds is 10. The first-order valence-corrected chi connectivity index (χ1v) is 8.63. The fourth-order valence-electron chi connectivity index (χ4n) is 2.79. The monoisotopic (exact) mass is 365 g/mol. The van der Waals surface area contributed by atoms with Crippen LogP contribution in [0, 0.1) is 5.41 Å². The summed E-state index contributed by atoms with van der Waals surface area (Å²) in [6.45, 7) is 16.6. The smallest absolute Gasteiger partial charge is 0.318 e. The molecule has 142 valence electrons. The Labute approximate surface area is 161 Å². The topological polar surface area (TPSA) is 66.4 Å². The van der Waals surface area contributed by atoms with Gasteiger partial charge in [0, 0.05) is 6.04 Å². The SMILES string of the molecule is C=C/C=C\C(=C/C=C)C(=C)/C=C\C(=C/C=C)C[C@@H]1C[C@@](C)(C(=O)O)C(=O)N1. The van der Waals surface area contributed by atoms with Gasteiger partial charge in [-0.2, -0.15) is 0 Å². The molecule has 2 atom stereocenters. The molecule has 0 spiro atoms. The van der Waals surface area contributed by atoms with Crippen LogP contribution in [0.15, 0.2) is 97.7 Å². The van der Waals surface area contributed by atoms with Gasteiger partial charge in [0.15, 0.2) is 0 Å². The predicted octanol–water partition coefficient (Wildman–Crippen LogP) is 4.44. The van der Waals surface area contributed by atoms with Crippen LogP contribution in [0.3, 0.4) is 0 Å². The van der Waals surface area contributed by atoms with Gasteiger partial charge in [-0.05, 0) is 36.5 Å². The minimum absolute atomic E-state index is 0.244. The van der Waals surface area contributed by atoms with E-state index >= 15 is 0 Å². The summed E-state index contributed by atoms with van der Waals surface area (Å²) >= 11 is 0. The summed E-state index contributed by atoms with van der Waals surface area (Å²) in [5, 5.41) is 12.1. The highest BCUT2D eigenvalue weighted by molar-refractivity contribution is 6.03. The van der Waals surface area contributed by atoms with Crippen LogP contribution >= 0.6 is 0 Å². The third kappa shape index (κ3) is 5.96. The summed E-state index contributed by atoms with van der Waals surface area (Å²) in [5.41, 5.74) is 1.21. The van der Waals surface area contributed by atoms with E-state index in [1.54, 1.807) is 18.2 Å². The largest absolute Gasteiger partial charge is 0.480 e. The van der Waals surface area contributed by atoms with Crippen molar-refractivity contribution in [2.45, 2.75) is 25.8 Å². The molecule has 0 unspecified atom stereocenters. The molecular weight excluding hydrogens is 338 g/mol. The van der Waals surface area contributed by atoms with Crippen molar-refractivity contribution in [2.24, 2.45) is 5.41 Å². The van der Waals surface area contributed by atoms with Crippen molar-refractivity contribution in [3.8, 4) is 0 Å². The summed E-state index contributed by atoms with van der Waals surface area (Å²) in [6.07, 6.45) is 16.9. The predicted molar refractivity (Wildman–Crippen MR) is 111 cm³/mol. The van der Waals surface area contributed by atoms with Crippen LogP contribution in [0.2, 0.25) is 0 Å². The molecule has 0 aromatic carbocycles. The van der Waals surface area contributed by atoms with Crippen LogP contribution in [0.4, 0.5) is 0 Å². The maximum Gasteiger partial charge on any atom is 0.318 e. The van der Waals surface area contributed by atoms with Crippen molar-refractivity contribution in [1.82, 2.24) is 5.32 Å². The standard InChI is InChI=1S/C23H27NO3/c1-6-9-12-19(11-8-3)17(4)13-14-18(10-7-2)15-20-16-23(5,22(26)27)21(25)24-20/h6-14,20H,1-4,15-16H2,5H3,(H,24,25)(H,26,27)/b12-9-,14-13-,18-10+,19-11+/t20-,23-/m1/s1. The lowest BCUT2D eigenvalue weighted by atomic mass is 9.86. The Bertz CT molecular complexity index is 764. The molecule has 4 heteroatoms. The lowest BCUT2D eigenvalue weighted by molar-refractivity contribution is -0.152. The molecular formula is C23H27NO3. The molecule has 1 aliphatic rings. The maximum atomic E-state index is 12.0. The van der Waals surface area contributed by atoms with Gasteiger partial charge in [-0.1, -0.05) is 81.0 Å². The number of aliphatic carboxylic acids is 1. The molecule has 0 saturated carbocycles. The molecule has 1 aliphatic heterocycles. The zero-order valence-corrected chi connectivity index (χ0v) is 15.8. The number of carbonyl (C=O) groups excluding carboxylic acids is 1. The molecule has 27 heavy (non-hydrogen) atoms. The number of amides is 1. The summed E-state index contributed by atoms with van der Waals surface area (Å²) < 4.78 is 0. The van der Waals surface area contributed by atoms with Crippen molar-refractivity contribution in [2.75, 3.05) is 0 Å². The Morgan fingerprint density at radius 3 is 2.37 bits per heavy atom. The van der Waals surface area contributed by atoms with E-state index in [9.17, 15) is 14.7 Å². The van der Waals surface area contributed by atoms with Crippen LogP contribution in [0.1, 0.15) is 19.8 Å². The van der Waals surface area contributed by atoms with Crippen molar-refractivity contribution in [1.29, 1.82) is 0 Å². The van der Waals surface area contributed by atoms with Gasteiger partial charge in [-0.15, -0.1) is 0 Å². The quantitative estimate of drug-likeness (QED) is 0.444. The highest BCUT2D eigenvalue weighted by Crippen LogP contribution is 2.32. The molecule has 1 saturated heterocycles. The van der Waals surface area contributed by atoms with Crippen molar-refractivity contribution in [3.63, 3.8) is 0 Å². The van der Waals surface area contributed by atoms with Crippen LogP contribution in [-0.4, -0.2) is 23.0 Å². The van der Waals surface area contributed by atoms with E-state index in [1.165, 1.54) is 6.92 Å². The van der Waals surface area contributed by atoms with Gasteiger partial charge >= 0.3 is 5.97 Å². The first kappa shape index (κ1) is 21.9. The van der Waals surface area contributed by atoms with Crippen LogP contribution in [-0.2, 0) is 9.59 Å². The lowest BCUT2D eigenvalue weighted by Crippen LogP contribution is -2.36. The second kappa shape index (κ2) is 10.1. The minimum Gasteiger partial charge on any atom is -0.480 e. The second-order valence-corrected chi connectivity index (χ2v) is 6.50. The second-order valence-electron chi connectivity index (χ2n) is 6.50. The summed E-state index contributed by atoms with van der Waals surface area (Å²) in [5.74, 6) is -1.55. The molecule has 0 radical (unpaired) electrons. The lowest BCUT2D eigenvalue weighted by Gasteiger charge is -2.14. The van der Waals surface area contributed by atoms with E-state index in [4.69, 9.17) is 0 Å². The van der Waals surface area contributed by atoms with Crippen molar-refractivity contribution in [3.05, 3.63) is 97.7 Å². The third-order valence-electron chi connectivity index (χ3n) is 4.36. The Morgan fingerprint density at radius 2 is 1.85 bits per heavy atom. The van der Waals surface area contributed by atoms with E-state index in [2.05, 4.69) is 31.6 Å². The normalized spacial score (nSPS) is 23.4. The number of carbonyl (C=O) groups is 2. The molecule has 0 aromatic heterocycles. The molecule has 1 fully saturated rings. The highest BCUT2D eigenvalue weighted by atomic mass is 16.4. The minimum atomic E-state index is -1.38. The van der Waals surface area contributed by atoms with Crippen LogP contribution in [0.5, 0.6) is 0 Å². The molecule has 2 N–H and O–H groups in total. The Balaban J connectivity index is 2.92. The van der Waals surface area contributed by atoms with Gasteiger partial charge in [0.1, 0.15) is 5.41 Å². The van der Waals surface area contributed by atoms with Gasteiger partial charge in [-0.3, -0.25) is 9.59 Å². The van der Waals surface area contributed by atoms with Gasteiger partial charge in [-0.25, -0.2) is 0 Å². The number of carboxylic acid groups (broad SMARTS) is 1. The molecule has 1 amide bonds. The number of nitrogens with one attached hydrogen (secondary N) is 1. The average Bonchev–Trinajstić information content (AvgIpc) is 2.91. The zero-order valence-electron chi connectivity index (χ0n) is 15.8. The fraction of sp³-hybridized carbons (Fsp3) is 0.217. The molecule has 4 nitrogen and oxygen atoms in total. The van der Waals surface area contributed by atoms with Gasteiger partial charge in [0.05, 0.1) is 0 Å². The molecule has 0 aliphatic carbocycles. The molecule has 0 aromatic rings. The van der Waals surface area contributed by atoms with E-state index in [0.29, 0.717) is 6.42 Å². The Morgan fingerprint density at radius 1 is 1.19 bits per heavy atom. The highest BCUT2D eigenvalue weighted by Gasteiger charge is 2.48. The summed E-state index contributed by atoms with van der Waals surface area (Å²) in [6, 6.07) is -0.244. The molecule has 1 heterocycles. The van der Waals surface area contributed by atoms with Crippen molar-refractivity contribution >= 4 is 11.9 Å². The van der Waals surface area contributed by atoms with E-state index in [-0.39, 0.29) is 12.5 Å². The maximum absolute atomic E-state index is 12.0. The number of hydrogen-bond acceptors (Lipinski definition) is 2. The Kier molecular flexibility index (Phi) is 8.21. The molecule has 1 rings (SSSR count). The first-order chi connectivity index (χ1) is 12.8. The Hall–Kier alpha value is -3.14. The van der Waals surface area contributed by atoms with Gasteiger partial charge in [0.25, 0.3) is 0 Å². The van der Waals surface area contributed by atoms with Gasteiger partial charge in [0.2, 0.25) is 5.91 Å². The van der Waals surface area contributed by atoms with Gasteiger partial charge < -0.3 is 10.4 Å². The average molecular weight is 365 g/mol. The molecule has 0 bridgehead atoms. The summed E-state index contributed by atoms with van der Waals surface area (Å²) in [7, 11) is 0. The van der Waals surface area contributed by atoms with Crippen LogP contribution in [0.25, 0.3) is 0 Å². The van der Waals surface area contributed by atoms with E-state index in [1.807, 2.05) is 36.5 Å². The first-order valence-electron chi connectivity index (χ1n) is 8.63. The van der Waals surface area contributed by atoms with E-state index in [0.717, 1.165) is 16.7 Å². The number of hydrogen-bond donors (Lipinski definition) is 2. The van der Waals surface area contributed by atoms with E-state index < -0.39 is 17.3 Å². The third-order valence-corrected chi connectivity index (χ3v) is 4.36. The van der Waals surface area contributed by atoms with Crippen molar-refractivity contribution < 1.29 is 14.7 Å². The number of allylic oxidation sites excluding steroid dienone is 11.